The molecule has 0 aliphatic heterocycles. The van der Waals surface area contributed by atoms with Crippen LogP contribution in [-0.2, 0) is 4.79 Å². The van der Waals surface area contributed by atoms with Crippen LogP contribution in [0, 0.1) is 0 Å². The number of carbonyl (C=O) groups is 1. The Morgan fingerprint density at radius 3 is 2.39 bits per heavy atom. The minimum atomic E-state index is -0.222. The van der Waals surface area contributed by atoms with Gasteiger partial charge in [-0.3, -0.25) is 4.79 Å². The molecule has 1 fully saturated rings. The molecule has 1 unspecified atom stereocenters. The number of allylic oxidation sites excluding steroid dienone is 1. The van der Waals surface area contributed by atoms with Crippen molar-refractivity contribution in [3.63, 3.8) is 0 Å². The van der Waals surface area contributed by atoms with Crippen molar-refractivity contribution in [1.82, 2.24) is 5.32 Å². The lowest BCUT2D eigenvalue weighted by Crippen LogP contribution is -2.40. The van der Waals surface area contributed by atoms with Crippen LogP contribution in [0.15, 0.2) is 41.5 Å². The Balaban J connectivity index is 2.06. The molecular formula is C15H20N2O. The van der Waals surface area contributed by atoms with Gasteiger partial charge in [0.2, 0.25) is 5.91 Å². The summed E-state index contributed by atoms with van der Waals surface area (Å²) in [5.41, 5.74) is 3.45. The largest absolute Gasteiger partial charge is 0.324 e. The fraction of sp³-hybridized carbons (Fsp3) is 0.400. The van der Waals surface area contributed by atoms with Gasteiger partial charge >= 0.3 is 0 Å². The third kappa shape index (κ3) is 2.79. The second-order valence-electron chi connectivity index (χ2n) is 4.72. The predicted octanol–water partition coefficient (Wildman–Crippen LogP) is 2.71. The van der Waals surface area contributed by atoms with Crippen LogP contribution in [0.1, 0.15) is 26.2 Å². The van der Waals surface area contributed by atoms with E-state index in [0.29, 0.717) is 0 Å². The smallest absolute Gasteiger partial charge is 0.245 e. The van der Waals surface area contributed by atoms with Crippen molar-refractivity contribution in [1.29, 1.82) is 0 Å². The zero-order valence-corrected chi connectivity index (χ0v) is 11.0. The van der Waals surface area contributed by atoms with Crippen molar-refractivity contribution in [2.75, 3.05) is 12.4 Å². The van der Waals surface area contributed by atoms with Crippen LogP contribution >= 0.6 is 0 Å². The number of anilines is 1. The van der Waals surface area contributed by atoms with Crippen LogP contribution < -0.4 is 10.6 Å². The van der Waals surface area contributed by atoms with E-state index in [-0.39, 0.29) is 11.9 Å². The molecule has 1 amide bonds. The highest BCUT2D eigenvalue weighted by molar-refractivity contribution is 5.96. The van der Waals surface area contributed by atoms with E-state index in [9.17, 15) is 4.79 Å². The number of likely N-dealkylation sites (N-methyl/N-ethyl adjacent to an activating group) is 1. The van der Waals surface area contributed by atoms with Gasteiger partial charge in [0.25, 0.3) is 0 Å². The SMILES string of the molecule is CNC(C(=O)Nc1ccccc1)C(C)=C1CCC1. The molecule has 1 atom stereocenters. The molecule has 18 heavy (non-hydrogen) atoms. The summed E-state index contributed by atoms with van der Waals surface area (Å²) < 4.78 is 0. The van der Waals surface area contributed by atoms with Gasteiger partial charge < -0.3 is 10.6 Å². The Morgan fingerprint density at radius 2 is 1.89 bits per heavy atom. The second kappa shape index (κ2) is 5.83. The fourth-order valence-corrected chi connectivity index (χ4v) is 2.23. The van der Waals surface area contributed by atoms with Gasteiger partial charge in [-0.1, -0.05) is 23.8 Å². The lowest BCUT2D eigenvalue weighted by molar-refractivity contribution is -0.117. The first-order chi connectivity index (χ1) is 8.72. The Bertz CT molecular complexity index is 445. The van der Waals surface area contributed by atoms with Crippen molar-refractivity contribution >= 4 is 11.6 Å². The predicted molar refractivity (Wildman–Crippen MR) is 74.5 cm³/mol. The van der Waals surface area contributed by atoms with E-state index in [1.165, 1.54) is 17.6 Å². The molecule has 96 valence electrons. The molecule has 0 bridgehead atoms. The molecule has 0 radical (unpaired) electrons. The minimum absolute atomic E-state index is 0.0144. The molecule has 1 aromatic rings. The van der Waals surface area contributed by atoms with E-state index in [1.54, 1.807) is 0 Å². The van der Waals surface area contributed by atoms with E-state index in [2.05, 4.69) is 17.6 Å². The third-order valence-electron chi connectivity index (χ3n) is 3.54. The van der Waals surface area contributed by atoms with Crippen molar-refractivity contribution in [3.8, 4) is 0 Å². The molecule has 1 aliphatic rings. The van der Waals surface area contributed by atoms with Crippen LogP contribution in [0.3, 0.4) is 0 Å². The third-order valence-corrected chi connectivity index (χ3v) is 3.54. The molecule has 0 saturated heterocycles. The first kappa shape index (κ1) is 12.8. The average Bonchev–Trinajstić information content (AvgIpc) is 2.28. The summed E-state index contributed by atoms with van der Waals surface area (Å²) in [4.78, 5) is 12.2. The quantitative estimate of drug-likeness (QED) is 0.800. The van der Waals surface area contributed by atoms with E-state index < -0.39 is 0 Å². The van der Waals surface area contributed by atoms with Gasteiger partial charge in [0.05, 0.1) is 0 Å². The van der Waals surface area contributed by atoms with Gasteiger partial charge in [-0.05, 0) is 50.9 Å². The lowest BCUT2D eigenvalue weighted by Gasteiger charge is -2.25. The lowest BCUT2D eigenvalue weighted by atomic mass is 9.85. The monoisotopic (exact) mass is 244 g/mol. The zero-order chi connectivity index (χ0) is 13.0. The fourth-order valence-electron chi connectivity index (χ4n) is 2.23. The van der Waals surface area contributed by atoms with Crippen molar-refractivity contribution in [2.24, 2.45) is 0 Å². The number of rotatable bonds is 4. The summed E-state index contributed by atoms with van der Waals surface area (Å²) in [5, 5.41) is 6.04. The minimum Gasteiger partial charge on any atom is -0.324 e. The molecule has 0 spiro atoms. The summed E-state index contributed by atoms with van der Waals surface area (Å²) in [5.74, 6) is 0.0144. The summed E-state index contributed by atoms with van der Waals surface area (Å²) in [7, 11) is 1.83. The Morgan fingerprint density at radius 1 is 1.22 bits per heavy atom. The number of para-hydroxylation sites is 1. The Kier molecular flexibility index (Phi) is 4.15. The molecule has 1 aliphatic carbocycles. The van der Waals surface area contributed by atoms with Gasteiger partial charge in [0, 0.05) is 5.69 Å². The molecule has 1 saturated carbocycles. The molecule has 2 N–H and O–H groups in total. The Hall–Kier alpha value is -1.61. The van der Waals surface area contributed by atoms with Crippen LogP contribution in [0.2, 0.25) is 0 Å². The van der Waals surface area contributed by atoms with E-state index in [0.717, 1.165) is 18.5 Å². The summed E-state index contributed by atoms with van der Waals surface area (Å²) >= 11 is 0. The van der Waals surface area contributed by atoms with Crippen LogP contribution in [0.5, 0.6) is 0 Å². The van der Waals surface area contributed by atoms with Gasteiger partial charge in [-0.2, -0.15) is 0 Å². The van der Waals surface area contributed by atoms with Gasteiger partial charge in [-0.15, -0.1) is 0 Å². The van der Waals surface area contributed by atoms with Gasteiger partial charge in [0.1, 0.15) is 6.04 Å². The van der Waals surface area contributed by atoms with E-state index >= 15 is 0 Å². The van der Waals surface area contributed by atoms with Crippen molar-refractivity contribution in [2.45, 2.75) is 32.2 Å². The number of nitrogens with one attached hydrogen (secondary N) is 2. The number of carbonyl (C=O) groups excluding carboxylic acids is 1. The second-order valence-corrected chi connectivity index (χ2v) is 4.72. The van der Waals surface area contributed by atoms with Crippen molar-refractivity contribution in [3.05, 3.63) is 41.5 Å². The standard InChI is InChI=1S/C15H20N2O/c1-11(12-7-6-8-12)14(16-2)15(18)17-13-9-4-3-5-10-13/h3-5,9-10,14,16H,6-8H2,1-2H3,(H,17,18). The maximum atomic E-state index is 12.2. The van der Waals surface area contributed by atoms with Crippen LogP contribution in [-0.4, -0.2) is 19.0 Å². The molecule has 3 heteroatoms. The number of hydrogen-bond donors (Lipinski definition) is 2. The molecule has 2 rings (SSSR count). The average molecular weight is 244 g/mol. The highest BCUT2D eigenvalue weighted by atomic mass is 16.2. The van der Waals surface area contributed by atoms with Crippen molar-refractivity contribution < 1.29 is 4.79 Å². The molecule has 3 nitrogen and oxygen atoms in total. The molecular weight excluding hydrogens is 224 g/mol. The highest BCUT2D eigenvalue weighted by Gasteiger charge is 2.23. The molecule has 1 aromatic carbocycles. The molecule has 0 heterocycles. The molecule has 0 aromatic heterocycles. The summed E-state index contributed by atoms with van der Waals surface area (Å²) in [6, 6.07) is 9.35. The number of hydrogen-bond acceptors (Lipinski definition) is 2. The maximum Gasteiger partial charge on any atom is 0.245 e. The number of amides is 1. The number of benzene rings is 1. The highest BCUT2D eigenvalue weighted by Crippen LogP contribution is 2.30. The Labute approximate surface area is 108 Å². The summed E-state index contributed by atoms with van der Waals surface area (Å²) in [6.07, 6.45) is 3.54. The summed E-state index contributed by atoms with van der Waals surface area (Å²) in [6.45, 7) is 2.06. The maximum absolute atomic E-state index is 12.2. The van der Waals surface area contributed by atoms with Gasteiger partial charge in [-0.25, -0.2) is 0 Å². The zero-order valence-electron chi connectivity index (χ0n) is 11.0. The van der Waals surface area contributed by atoms with Crippen LogP contribution in [0.4, 0.5) is 5.69 Å². The normalized spacial score (nSPS) is 15.8. The van der Waals surface area contributed by atoms with E-state index in [1.807, 2.05) is 37.4 Å². The first-order valence-electron chi connectivity index (χ1n) is 6.44. The first-order valence-corrected chi connectivity index (χ1v) is 6.44. The van der Waals surface area contributed by atoms with E-state index in [4.69, 9.17) is 0 Å². The van der Waals surface area contributed by atoms with Crippen LogP contribution in [0.25, 0.3) is 0 Å². The van der Waals surface area contributed by atoms with Gasteiger partial charge in [0.15, 0.2) is 0 Å². The topological polar surface area (TPSA) is 41.1 Å².